The minimum absolute atomic E-state index is 0.0651. The van der Waals surface area contributed by atoms with Gasteiger partial charge in [0.05, 0.1) is 18.6 Å². The van der Waals surface area contributed by atoms with E-state index in [1.807, 2.05) is 44.2 Å². The smallest absolute Gasteiger partial charge is 0.227 e. The van der Waals surface area contributed by atoms with Crippen molar-refractivity contribution in [3.8, 4) is 11.5 Å². The molecular formula is C24H28N2O5. The molecule has 2 aliphatic heterocycles. The van der Waals surface area contributed by atoms with Gasteiger partial charge in [-0.2, -0.15) is 0 Å². The van der Waals surface area contributed by atoms with Gasteiger partial charge in [-0.05, 0) is 37.1 Å². The van der Waals surface area contributed by atoms with Crippen molar-refractivity contribution >= 4 is 17.5 Å². The number of rotatable bonds is 7. The van der Waals surface area contributed by atoms with Crippen LogP contribution in [0.4, 0.5) is 5.69 Å². The summed E-state index contributed by atoms with van der Waals surface area (Å²) in [7, 11) is 0. The molecule has 2 aromatic carbocycles. The highest BCUT2D eigenvalue weighted by Crippen LogP contribution is 2.36. The molecule has 1 fully saturated rings. The second-order valence-electron chi connectivity index (χ2n) is 8.13. The number of hydrogen-bond acceptors (Lipinski definition) is 5. The lowest BCUT2D eigenvalue weighted by Crippen LogP contribution is -2.32. The summed E-state index contributed by atoms with van der Waals surface area (Å²) in [6.07, 6.45) is 0.364. The summed E-state index contributed by atoms with van der Waals surface area (Å²) >= 11 is 0. The lowest BCUT2D eigenvalue weighted by atomic mass is 10.1. The van der Waals surface area contributed by atoms with Crippen molar-refractivity contribution < 1.29 is 23.8 Å². The van der Waals surface area contributed by atoms with Crippen molar-refractivity contribution in [1.82, 2.24) is 5.32 Å². The van der Waals surface area contributed by atoms with Crippen molar-refractivity contribution in [3.05, 3.63) is 53.6 Å². The van der Waals surface area contributed by atoms with Gasteiger partial charge in [0.2, 0.25) is 11.8 Å². The highest BCUT2D eigenvalue weighted by atomic mass is 16.6. The van der Waals surface area contributed by atoms with Crippen LogP contribution >= 0.6 is 0 Å². The Labute approximate surface area is 182 Å². The van der Waals surface area contributed by atoms with Crippen molar-refractivity contribution in [2.75, 3.05) is 24.7 Å². The van der Waals surface area contributed by atoms with Gasteiger partial charge in [0.15, 0.2) is 11.5 Å². The van der Waals surface area contributed by atoms with E-state index in [0.717, 1.165) is 16.8 Å². The third-order valence-corrected chi connectivity index (χ3v) is 5.37. The standard InChI is InChI=1S/C24H28N2O5/c1-16(2)31-15-18-5-3-4-17(10-18)13-25-24(28)19-11-23(27)26(14-19)20-6-7-21-22(12-20)30-9-8-29-21/h3-7,10,12,16,19H,8-9,11,13-15H2,1-2H3,(H,25,28). The SMILES string of the molecule is CC(C)OCc1cccc(CNC(=O)C2CC(=O)N(c3ccc4c(c3)OCCO4)C2)c1. The first-order valence-corrected chi connectivity index (χ1v) is 10.7. The monoisotopic (exact) mass is 424 g/mol. The molecule has 7 heteroatoms. The molecule has 1 saturated heterocycles. The Hall–Kier alpha value is -3.06. The molecule has 0 spiro atoms. The number of carbonyl (C=O) groups is 2. The van der Waals surface area contributed by atoms with Crippen LogP contribution in [0.25, 0.3) is 0 Å². The molecular weight excluding hydrogens is 396 g/mol. The van der Waals surface area contributed by atoms with Crippen LogP contribution in [0.1, 0.15) is 31.4 Å². The van der Waals surface area contributed by atoms with Crippen LogP contribution in [0.5, 0.6) is 11.5 Å². The molecule has 164 valence electrons. The Morgan fingerprint density at radius 2 is 1.90 bits per heavy atom. The Morgan fingerprint density at radius 1 is 1.13 bits per heavy atom. The average molecular weight is 424 g/mol. The van der Waals surface area contributed by atoms with Crippen molar-refractivity contribution in [2.45, 2.75) is 39.5 Å². The molecule has 2 heterocycles. The Kier molecular flexibility index (Phi) is 6.42. The Balaban J connectivity index is 1.34. The number of nitrogens with one attached hydrogen (secondary N) is 1. The largest absolute Gasteiger partial charge is 0.486 e. The van der Waals surface area contributed by atoms with E-state index in [0.29, 0.717) is 44.4 Å². The van der Waals surface area contributed by atoms with E-state index in [4.69, 9.17) is 14.2 Å². The first-order chi connectivity index (χ1) is 15.0. The molecule has 0 aliphatic carbocycles. The fourth-order valence-corrected chi connectivity index (χ4v) is 3.76. The first-order valence-electron chi connectivity index (χ1n) is 10.7. The molecule has 1 atom stereocenters. The molecule has 1 unspecified atom stereocenters. The third kappa shape index (κ3) is 5.17. The summed E-state index contributed by atoms with van der Waals surface area (Å²) in [5, 5.41) is 2.97. The van der Waals surface area contributed by atoms with Gasteiger partial charge in [-0.3, -0.25) is 9.59 Å². The number of carbonyl (C=O) groups excluding carboxylic acids is 2. The topological polar surface area (TPSA) is 77.1 Å². The molecule has 4 rings (SSSR count). The number of benzene rings is 2. The van der Waals surface area contributed by atoms with Gasteiger partial charge in [0.25, 0.3) is 0 Å². The number of hydrogen-bond donors (Lipinski definition) is 1. The van der Waals surface area contributed by atoms with E-state index in [2.05, 4.69) is 5.32 Å². The fourth-order valence-electron chi connectivity index (χ4n) is 3.76. The first kappa shape index (κ1) is 21.2. The van der Waals surface area contributed by atoms with Gasteiger partial charge in [-0.25, -0.2) is 0 Å². The predicted molar refractivity (Wildman–Crippen MR) is 116 cm³/mol. The van der Waals surface area contributed by atoms with Gasteiger partial charge in [0, 0.05) is 31.3 Å². The molecule has 0 aromatic heterocycles. The van der Waals surface area contributed by atoms with E-state index in [9.17, 15) is 9.59 Å². The molecule has 1 N–H and O–H groups in total. The van der Waals surface area contributed by atoms with E-state index in [-0.39, 0.29) is 30.3 Å². The zero-order chi connectivity index (χ0) is 21.8. The van der Waals surface area contributed by atoms with Gasteiger partial charge in [-0.1, -0.05) is 24.3 Å². The molecule has 7 nitrogen and oxygen atoms in total. The van der Waals surface area contributed by atoms with E-state index < -0.39 is 0 Å². The summed E-state index contributed by atoms with van der Waals surface area (Å²) in [4.78, 5) is 26.9. The lowest BCUT2D eigenvalue weighted by Gasteiger charge is -2.22. The molecule has 2 amide bonds. The van der Waals surface area contributed by atoms with Crippen LogP contribution in [0.3, 0.4) is 0 Å². The lowest BCUT2D eigenvalue weighted by molar-refractivity contribution is -0.126. The zero-order valence-electron chi connectivity index (χ0n) is 17.9. The second-order valence-corrected chi connectivity index (χ2v) is 8.13. The van der Waals surface area contributed by atoms with Crippen LogP contribution in [-0.2, 0) is 27.5 Å². The minimum Gasteiger partial charge on any atom is -0.486 e. The zero-order valence-corrected chi connectivity index (χ0v) is 17.9. The predicted octanol–water partition coefficient (Wildman–Crippen LogP) is 3.05. The summed E-state index contributed by atoms with van der Waals surface area (Å²) in [5.41, 5.74) is 2.80. The third-order valence-electron chi connectivity index (χ3n) is 5.37. The molecule has 0 radical (unpaired) electrons. The van der Waals surface area contributed by atoms with Crippen molar-refractivity contribution in [1.29, 1.82) is 0 Å². The van der Waals surface area contributed by atoms with E-state index in [1.54, 1.807) is 17.0 Å². The average Bonchev–Trinajstić information content (AvgIpc) is 3.17. The van der Waals surface area contributed by atoms with Crippen LogP contribution in [-0.4, -0.2) is 37.7 Å². The highest BCUT2D eigenvalue weighted by molar-refractivity contribution is 6.00. The normalized spacial score (nSPS) is 17.8. The quantitative estimate of drug-likeness (QED) is 0.739. The number of nitrogens with zero attached hydrogens (tertiary/aromatic N) is 1. The van der Waals surface area contributed by atoms with Crippen LogP contribution in [0, 0.1) is 5.92 Å². The maximum atomic E-state index is 12.7. The van der Waals surface area contributed by atoms with Crippen LogP contribution in [0.2, 0.25) is 0 Å². The molecule has 2 aliphatic rings. The molecule has 2 aromatic rings. The molecule has 0 bridgehead atoms. The fraction of sp³-hybridized carbons (Fsp3) is 0.417. The number of fused-ring (bicyclic) bond motifs is 1. The van der Waals surface area contributed by atoms with Crippen LogP contribution in [0.15, 0.2) is 42.5 Å². The van der Waals surface area contributed by atoms with Gasteiger partial charge in [-0.15, -0.1) is 0 Å². The summed E-state index contributed by atoms with van der Waals surface area (Å²) in [5.74, 6) is 0.748. The highest BCUT2D eigenvalue weighted by Gasteiger charge is 2.35. The molecule has 0 saturated carbocycles. The molecule has 31 heavy (non-hydrogen) atoms. The number of anilines is 1. The van der Waals surface area contributed by atoms with E-state index in [1.165, 1.54) is 0 Å². The van der Waals surface area contributed by atoms with Gasteiger partial charge in [0.1, 0.15) is 13.2 Å². The van der Waals surface area contributed by atoms with E-state index >= 15 is 0 Å². The number of ether oxygens (including phenoxy) is 3. The minimum atomic E-state index is -0.381. The summed E-state index contributed by atoms with van der Waals surface area (Å²) in [6, 6.07) is 13.4. The maximum absolute atomic E-state index is 12.7. The summed E-state index contributed by atoms with van der Waals surface area (Å²) < 4.78 is 16.8. The second kappa shape index (κ2) is 9.39. The van der Waals surface area contributed by atoms with Crippen molar-refractivity contribution in [3.63, 3.8) is 0 Å². The van der Waals surface area contributed by atoms with Crippen molar-refractivity contribution in [2.24, 2.45) is 5.92 Å². The Bertz CT molecular complexity index is 959. The summed E-state index contributed by atoms with van der Waals surface area (Å²) in [6.45, 7) is 6.32. The van der Waals surface area contributed by atoms with Gasteiger partial charge >= 0.3 is 0 Å². The number of amides is 2. The van der Waals surface area contributed by atoms with Gasteiger partial charge < -0.3 is 24.4 Å². The van der Waals surface area contributed by atoms with Crippen LogP contribution < -0.4 is 19.7 Å². The maximum Gasteiger partial charge on any atom is 0.227 e. The Morgan fingerprint density at radius 3 is 2.71 bits per heavy atom.